The zero-order valence-electron chi connectivity index (χ0n) is 8.29. The van der Waals surface area contributed by atoms with Crippen LogP contribution in [0.2, 0.25) is 0 Å². The minimum Gasteiger partial charge on any atom is -0.467 e. The number of aryl methyl sites for hydroxylation is 2. The molecule has 1 unspecified atom stereocenters. The zero-order valence-corrected chi connectivity index (χ0v) is 9.11. The van der Waals surface area contributed by atoms with Gasteiger partial charge in [0.15, 0.2) is 0 Å². The molecule has 1 aromatic rings. The summed E-state index contributed by atoms with van der Waals surface area (Å²) in [5.41, 5.74) is 6.14. The van der Waals surface area contributed by atoms with E-state index in [4.69, 9.17) is 10.5 Å². The molecule has 0 radical (unpaired) electrons. The summed E-state index contributed by atoms with van der Waals surface area (Å²) >= 11 is 1.72. The van der Waals surface area contributed by atoms with Crippen LogP contribution in [0.4, 0.5) is 0 Å². The fourth-order valence-corrected chi connectivity index (χ4v) is 3.09. The van der Waals surface area contributed by atoms with Crippen LogP contribution in [0.5, 0.6) is 0 Å². The van der Waals surface area contributed by atoms with E-state index in [1.165, 1.54) is 16.9 Å². The van der Waals surface area contributed by atoms with Crippen LogP contribution in [-0.2, 0) is 21.5 Å². The highest BCUT2D eigenvalue weighted by atomic mass is 32.1. The molecular formula is C10H13NO2S. The lowest BCUT2D eigenvalue weighted by Crippen LogP contribution is -2.43. The maximum absolute atomic E-state index is 11.6. The van der Waals surface area contributed by atoms with Gasteiger partial charge in [-0.05, 0) is 31.4 Å². The number of nitrogens with two attached hydrogens (primary N) is 1. The Kier molecular flexibility index (Phi) is 2.12. The number of hydrogen-bond acceptors (Lipinski definition) is 4. The number of methoxy groups -OCH3 is 1. The zero-order chi connectivity index (χ0) is 10.3. The Balaban J connectivity index is 2.45. The van der Waals surface area contributed by atoms with Crippen LogP contribution < -0.4 is 5.73 Å². The van der Waals surface area contributed by atoms with E-state index in [0.717, 1.165) is 12.0 Å². The van der Waals surface area contributed by atoms with Gasteiger partial charge in [-0.25, -0.2) is 4.79 Å². The predicted octanol–water partition coefficient (Wildman–Crippen LogP) is 1.33. The third kappa shape index (κ3) is 1.18. The monoisotopic (exact) mass is 211 g/mol. The topological polar surface area (TPSA) is 52.3 Å². The average molecular weight is 211 g/mol. The van der Waals surface area contributed by atoms with E-state index in [0.29, 0.717) is 6.42 Å². The van der Waals surface area contributed by atoms with Gasteiger partial charge in [-0.1, -0.05) is 0 Å². The number of carbonyl (C=O) groups is 1. The molecule has 1 aliphatic carbocycles. The first-order chi connectivity index (χ1) is 6.58. The molecule has 76 valence electrons. The van der Waals surface area contributed by atoms with Crippen LogP contribution in [-0.4, -0.2) is 13.1 Å². The van der Waals surface area contributed by atoms with Crippen molar-refractivity contribution < 1.29 is 9.53 Å². The van der Waals surface area contributed by atoms with Crippen molar-refractivity contribution in [3.8, 4) is 0 Å². The first-order valence-electron chi connectivity index (χ1n) is 4.55. The Morgan fingerprint density at radius 2 is 2.43 bits per heavy atom. The highest BCUT2D eigenvalue weighted by molar-refractivity contribution is 7.12. The molecule has 1 atom stereocenters. The molecule has 0 bridgehead atoms. The molecule has 0 aliphatic heterocycles. The van der Waals surface area contributed by atoms with Gasteiger partial charge in [0.25, 0.3) is 0 Å². The summed E-state index contributed by atoms with van der Waals surface area (Å²) in [7, 11) is 1.38. The SMILES string of the molecule is COC(=O)C1(N)CCc2sc(C)cc21. The van der Waals surface area contributed by atoms with Gasteiger partial charge in [0, 0.05) is 9.75 Å². The molecule has 0 spiro atoms. The Bertz CT molecular complexity index is 385. The second-order valence-electron chi connectivity index (χ2n) is 3.66. The molecule has 14 heavy (non-hydrogen) atoms. The third-order valence-electron chi connectivity index (χ3n) is 2.71. The standard InChI is InChI=1S/C10H13NO2S/c1-6-5-7-8(14-6)3-4-10(7,11)9(12)13-2/h5H,3-4,11H2,1-2H3. The number of hydrogen-bond donors (Lipinski definition) is 1. The van der Waals surface area contributed by atoms with E-state index in [-0.39, 0.29) is 5.97 Å². The van der Waals surface area contributed by atoms with Crippen LogP contribution in [0.25, 0.3) is 0 Å². The van der Waals surface area contributed by atoms with Gasteiger partial charge in [0.2, 0.25) is 0 Å². The lowest BCUT2D eigenvalue weighted by atomic mass is 9.95. The van der Waals surface area contributed by atoms with Crippen LogP contribution >= 0.6 is 11.3 Å². The summed E-state index contributed by atoms with van der Waals surface area (Å²) < 4.78 is 4.74. The molecular weight excluding hydrogens is 198 g/mol. The van der Waals surface area contributed by atoms with Crippen LogP contribution in [0.3, 0.4) is 0 Å². The van der Waals surface area contributed by atoms with Gasteiger partial charge in [0.1, 0.15) is 5.54 Å². The second kappa shape index (κ2) is 3.07. The van der Waals surface area contributed by atoms with Crippen molar-refractivity contribution in [1.29, 1.82) is 0 Å². The van der Waals surface area contributed by atoms with Crippen molar-refractivity contribution in [2.45, 2.75) is 25.3 Å². The maximum Gasteiger partial charge on any atom is 0.330 e. The normalized spacial score (nSPS) is 24.8. The van der Waals surface area contributed by atoms with Crippen molar-refractivity contribution in [3.05, 3.63) is 21.4 Å². The molecule has 0 fully saturated rings. The molecule has 0 saturated heterocycles. The van der Waals surface area contributed by atoms with Gasteiger partial charge in [-0.3, -0.25) is 0 Å². The van der Waals surface area contributed by atoms with E-state index in [1.54, 1.807) is 11.3 Å². The summed E-state index contributed by atoms with van der Waals surface area (Å²) in [6.45, 7) is 2.03. The van der Waals surface area contributed by atoms with Crippen LogP contribution in [0.1, 0.15) is 21.7 Å². The first kappa shape index (κ1) is 9.68. The van der Waals surface area contributed by atoms with Crippen molar-refractivity contribution in [3.63, 3.8) is 0 Å². The molecule has 0 aromatic carbocycles. The first-order valence-corrected chi connectivity index (χ1v) is 5.36. The van der Waals surface area contributed by atoms with Crippen molar-refractivity contribution in [2.75, 3.05) is 7.11 Å². The maximum atomic E-state index is 11.6. The number of fused-ring (bicyclic) bond motifs is 1. The molecule has 1 heterocycles. The Morgan fingerprint density at radius 1 is 1.71 bits per heavy atom. The molecule has 0 saturated carbocycles. The highest BCUT2D eigenvalue weighted by Crippen LogP contribution is 2.40. The van der Waals surface area contributed by atoms with Gasteiger partial charge >= 0.3 is 5.97 Å². The molecule has 1 aliphatic rings. The number of thiophene rings is 1. The largest absolute Gasteiger partial charge is 0.467 e. The summed E-state index contributed by atoms with van der Waals surface area (Å²) in [5.74, 6) is -0.325. The molecule has 2 rings (SSSR count). The quantitative estimate of drug-likeness (QED) is 0.713. The van der Waals surface area contributed by atoms with Crippen molar-refractivity contribution in [1.82, 2.24) is 0 Å². The molecule has 4 heteroatoms. The van der Waals surface area contributed by atoms with Crippen molar-refractivity contribution in [2.24, 2.45) is 5.73 Å². The highest BCUT2D eigenvalue weighted by Gasteiger charge is 2.43. The van der Waals surface area contributed by atoms with E-state index >= 15 is 0 Å². The summed E-state index contributed by atoms with van der Waals surface area (Å²) in [4.78, 5) is 14.0. The van der Waals surface area contributed by atoms with Gasteiger partial charge in [0.05, 0.1) is 7.11 Å². The number of esters is 1. The smallest absolute Gasteiger partial charge is 0.330 e. The number of ether oxygens (including phenoxy) is 1. The lowest BCUT2D eigenvalue weighted by molar-refractivity contribution is -0.147. The summed E-state index contributed by atoms with van der Waals surface area (Å²) in [5, 5.41) is 0. The minimum atomic E-state index is -0.894. The summed E-state index contributed by atoms with van der Waals surface area (Å²) in [6, 6.07) is 2.00. The van der Waals surface area contributed by atoms with Gasteiger partial charge < -0.3 is 10.5 Å². The fraction of sp³-hybridized carbons (Fsp3) is 0.500. The van der Waals surface area contributed by atoms with Crippen molar-refractivity contribution >= 4 is 17.3 Å². The van der Waals surface area contributed by atoms with Crippen LogP contribution in [0, 0.1) is 6.92 Å². The van der Waals surface area contributed by atoms with Gasteiger partial charge in [-0.15, -0.1) is 11.3 Å². The molecule has 1 aromatic heterocycles. The minimum absolute atomic E-state index is 0.325. The van der Waals surface area contributed by atoms with E-state index < -0.39 is 5.54 Å². The molecule has 0 amide bonds. The Hall–Kier alpha value is -0.870. The molecule has 3 nitrogen and oxygen atoms in total. The third-order valence-corrected chi connectivity index (χ3v) is 3.82. The van der Waals surface area contributed by atoms with Crippen LogP contribution in [0.15, 0.2) is 6.07 Å². The fourth-order valence-electron chi connectivity index (χ4n) is 1.97. The lowest BCUT2D eigenvalue weighted by Gasteiger charge is -2.20. The Labute approximate surface area is 86.9 Å². The second-order valence-corrected chi connectivity index (χ2v) is 5.00. The predicted molar refractivity (Wildman–Crippen MR) is 55.3 cm³/mol. The van der Waals surface area contributed by atoms with Gasteiger partial charge in [-0.2, -0.15) is 0 Å². The average Bonchev–Trinajstić information content (AvgIpc) is 2.66. The van der Waals surface area contributed by atoms with E-state index in [1.807, 2.05) is 13.0 Å². The Morgan fingerprint density at radius 3 is 3.07 bits per heavy atom. The molecule has 2 N–H and O–H groups in total. The summed E-state index contributed by atoms with van der Waals surface area (Å²) in [6.07, 6.45) is 1.56. The van der Waals surface area contributed by atoms with E-state index in [9.17, 15) is 4.79 Å². The number of rotatable bonds is 1. The van der Waals surface area contributed by atoms with E-state index in [2.05, 4.69) is 0 Å². The number of carbonyl (C=O) groups excluding carboxylic acids is 1.